The van der Waals surface area contributed by atoms with Crippen molar-refractivity contribution in [3.63, 3.8) is 0 Å². The molecule has 1 fully saturated rings. The molecule has 1 aliphatic rings. The Morgan fingerprint density at radius 2 is 2.40 bits per heavy atom. The molecule has 1 saturated heterocycles. The molecule has 0 aromatic rings. The van der Waals surface area contributed by atoms with Crippen LogP contribution in [0.3, 0.4) is 0 Å². The monoisotopic (exact) mass is 136 g/mol. The van der Waals surface area contributed by atoms with Gasteiger partial charge in [-0.3, -0.25) is 0 Å². The maximum absolute atomic E-state index is 9.09. The van der Waals surface area contributed by atoms with E-state index in [-0.39, 0.29) is 0 Å². The molecular weight excluding hydrogens is 127 g/mol. The van der Waals surface area contributed by atoms with Gasteiger partial charge in [-0.05, 0) is 11.0 Å². The first-order chi connectivity index (χ1) is 4.75. The summed E-state index contributed by atoms with van der Waals surface area (Å²) in [6.45, 7) is 7.63. The van der Waals surface area contributed by atoms with E-state index in [9.17, 15) is 0 Å². The van der Waals surface area contributed by atoms with Gasteiger partial charge < -0.3 is 9.68 Å². The van der Waals surface area contributed by atoms with E-state index in [2.05, 4.69) is 13.2 Å². The van der Waals surface area contributed by atoms with Gasteiger partial charge in [0.15, 0.2) is 0 Å². The summed E-state index contributed by atoms with van der Waals surface area (Å²) in [5, 5.41) is 9.09. The molecule has 0 aromatic heterocycles. The second kappa shape index (κ2) is 2.86. The fraction of sp³-hybridized carbons (Fsp3) is 0.143. The Morgan fingerprint density at radius 1 is 1.70 bits per heavy atom. The Bertz CT molecular complexity index is 196. The second-order valence-corrected chi connectivity index (χ2v) is 2.12. The molecule has 0 amide bonds. The zero-order chi connectivity index (χ0) is 7.56. The Hall–Kier alpha value is -0.795. The van der Waals surface area contributed by atoms with Gasteiger partial charge in [0.25, 0.3) is 0 Å². The summed E-state index contributed by atoms with van der Waals surface area (Å²) in [7, 11) is -0.800. The number of allylic oxidation sites excluding steroid dienone is 2. The Balaban J connectivity index is 2.81. The molecule has 1 N–H and O–H groups in total. The van der Waals surface area contributed by atoms with Crippen LogP contribution in [0.5, 0.6) is 0 Å². The highest BCUT2D eigenvalue weighted by atomic mass is 16.5. The summed E-state index contributed by atoms with van der Waals surface area (Å²) in [6, 6.07) is 0. The second-order valence-electron chi connectivity index (χ2n) is 2.12. The first-order valence-electron chi connectivity index (χ1n) is 3.06. The van der Waals surface area contributed by atoms with E-state index in [4.69, 9.17) is 9.68 Å². The van der Waals surface area contributed by atoms with Crippen molar-refractivity contribution >= 4 is 7.12 Å². The number of rotatable bonds is 1. The van der Waals surface area contributed by atoms with Crippen molar-refractivity contribution in [2.45, 2.75) is 0 Å². The average molecular weight is 136 g/mol. The molecular formula is C7H9BO2. The van der Waals surface area contributed by atoms with Crippen LogP contribution >= 0.6 is 0 Å². The average Bonchev–Trinajstić information content (AvgIpc) is 2.20. The quantitative estimate of drug-likeness (QED) is 0.537. The van der Waals surface area contributed by atoms with Gasteiger partial charge in [0.05, 0.1) is 6.61 Å². The summed E-state index contributed by atoms with van der Waals surface area (Å²) in [5.74, 6) is 0. The zero-order valence-electron chi connectivity index (χ0n) is 5.71. The first kappa shape index (κ1) is 7.31. The topological polar surface area (TPSA) is 29.5 Å². The smallest absolute Gasteiger partial charge is 0.423 e. The van der Waals surface area contributed by atoms with Crippen LogP contribution in [0.4, 0.5) is 0 Å². The first-order valence-corrected chi connectivity index (χ1v) is 3.06. The standard InChI is InChI=1S/C7H9BO2/c1-3-4-7-6(2)5-10-8(7)9/h3-4,9H,1-2,5H2/b7-4+. The van der Waals surface area contributed by atoms with Gasteiger partial charge in [-0.15, -0.1) is 0 Å². The third-order valence-electron chi connectivity index (χ3n) is 1.39. The molecule has 1 rings (SSSR count). The molecule has 0 aliphatic carbocycles. The van der Waals surface area contributed by atoms with Crippen LogP contribution in [0, 0.1) is 0 Å². The van der Waals surface area contributed by atoms with E-state index in [0.717, 1.165) is 11.0 Å². The molecule has 0 saturated carbocycles. The van der Waals surface area contributed by atoms with Gasteiger partial charge >= 0.3 is 7.12 Å². The molecule has 10 heavy (non-hydrogen) atoms. The molecule has 0 radical (unpaired) electrons. The van der Waals surface area contributed by atoms with E-state index in [0.29, 0.717) is 6.61 Å². The predicted molar refractivity (Wildman–Crippen MR) is 41.3 cm³/mol. The highest BCUT2D eigenvalue weighted by Crippen LogP contribution is 2.18. The molecule has 0 bridgehead atoms. The van der Waals surface area contributed by atoms with Crippen LogP contribution in [-0.4, -0.2) is 18.7 Å². The third kappa shape index (κ3) is 1.20. The third-order valence-corrected chi connectivity index (χ3v) is 1.39. The SMILES string of the molecule is C=C/C=C1/B(O)OCC1=C. The van der Waals surface area contributed by atoms with Crippen molar-refractivity contribution in [3.05, 3.63) is 36.4 Å². The van der Waals surface area contributed by atoms with Crippen LogP contribution in [0.25, 0.3) is 0 Å². The van der Waals surface area contributed by atoms with Crippen molar-refractivity contribution in [1.29, 1.82) is 0 Å². The zero-order valence-corrected chi connectivity index (χ0v) is 5.71. The summed E-state index contributed by atoms with van der Waals surface area (Å²) in [5.41, 5.74) is 1.56. The predicted octanol–water partition coefficient (Wildman–Crippen LogP) is 0.705. The van der Waals surface area contributed by atoms with Gasteiger partial charge in [0, 0.05) is 0 Å². The van der Waals surface area contributed by atoms with Crippen LogP contribution in [0.2, 0.25) is 0 Å². The Morgan fingerprint density at radius 3 is 2.80 bits per heavy atom. The minimum atomic E-state index is -0.800. The van der Waals surface area contributed by atoms with E-state index < -0.39 is 7.12 Å². The van der Waals surface area contributed by atoms with E-state index >= 15 is 0 Å². The Kier molecular flexibility index (Phi) is 2.09. The molecule has 3 heteroatoms. The fourth-order valence-corrected chi connectivity index (χ4v) is 0.854. The molecule has 52 valence electrons. The van der Waals surface area contributed by atoms with Gasteiger partial charge in [-0.2, -0.15) is 0 Å². The summed E-state index contributed by atoms with van der Waals surface area (Å²) in [6.07, 6.45) is 3.32. The summed E-state index contributed by atoms with van der Waals surface area (Å²) in [4.78, 5) is 0. The summed E-state index contributed by atoms with van der Waals surface area (Å²) >= 11 is 0. The van der Waals surface area contributed by atoms with Gasteiger partial charge in [-0.25, -0.2) is 0 Å². The van der Waals surface area contributed by atoms with Crippen molar-refractivity contribution in [3.8, 4) is 0 Å². The van der Waals surface area contributed by atoms with Crippen molar-refractivity contribution in [2.24, 2.45) is 0 Å². The lowest BCUT2D eigenvalue weighted by molar-refractivity contribution is 0.316. The normalized spacial score (nSPS) is 22.3. The van der Waals surface area contributed by atoms with E-state index in [1.807, 2.05) is 0 Å². The van der Waals surface area contributed by atoms with Crippen molar-refractivity contribution in [2.75, 3.05) is 6.61 Å². The molecule has 1 aliphatic heterocycles. The highest BCUT2D eigenvalue weighted by Gasteiger charge is 2.28. The lowest BCUT2D eigenvalue weighted by Gasteiger charge is -1.93. The molecule has 0 aromatic carbocycles. The maximum atomic E-state index is 9.09. The van der Waals surface area contributed by atoms with Crippen molar-refractivity contribution < 1.29 is 9.68 Å². The maximum Gasteiger partial charge on any atom is 0.491 e. The van der Waals surface area contributed by atoms with E-state index in [1.165, 1.54) is 0 Å². The van der Waals surface area contributed by atoms with Crippen LogP contribution in [-0.2, 0) is 4.65 Å². The fourth-order valence-electron chi connectivity index (χ4n) is 0.854. The van der Waals surface area contributed by atoms with Gasteiger partial charge in [0.1, 0.15) is 0 Å². The van der Waals surface area contributed by atoms with Crippen molar-refractivity contribution in [1.82, 2.24) is 0 Å². The largest absolute Gasteiger partial charge is 0.491 e. The lowest BCUT2D eigenvalue weighted by atomic mass is 9.78. The summed E-state index contributed by atoms with van der Waals surface area (Å²) < 4.78 is 4.87. The van der Waals surface area contributed by atoms with Crippen LogP contribution in [0.1, 0.15) is 0 Å². The van der Waals surface area contributed by atoms with Crippen LogP contribution in [0.15, 0.2) is 36.4 Å². The van der Waals surface area contributed by atoms with E-state index in [1.54, 1.807) is 12.2 Å². The molecule has 0 spiro atoms. The highest BCUT2D eigenvalue weighted by molar-refractivity contribution is 6.55. The lowest BCUT2D eigenvalue weighted by Crippen LogP contribution is -2.12. The number of hydrogen-bond donors (Lipinski definition) is 1. The minimum Gasteiger partial charge on any atom is -0.423 e. The Labute approximate surface area is 60.7 Å². The molecule has 0 atom stereocenters. The van der Waals surface area contributed by atoms with Crippen LogP contribution < -0.4 is 0 Å². The number of hydrogen-bond acceptors (Lipinski definition) is 2. The van der Waals surface area contributed by atoms with Gasteiger partial charge in [-0.1, -0.05) is 25.3 Å². The molecule has 2 nitrogen and oxygen atoms in total. The molecule has 1 heterocycles. The van der Waals surface area contributed by atoms with Gasteiger partial charge in [0.2, 0.25) is 0 Å². The molecule has 0 unspecified atom stereocenters. The minimum absolute atomic E-state index is 0.418.